The standard InChI is InChI=1S/C42H76O13P2/c1-3-5-7-9-11-13-15-17-19-21-23-25-27-29-31-33-41(44)51-37-40(38-54-57(49,50)53-36-39(43)35-52-56(46,47)48)55-42(45)34-32-30-28-26-24-22-20-18-16-14-12-10-8-6-4-2/h5,7,11,13,17-20,39-40,43H,3-4,6,8-10,12,14-16,21-38H2,1-2H3,(H,49,50)(H2,46,47,48)/b7-5-,13-11-,19-17-,20-18-/t39-,40+/m0/s1. The second-order valence-electron chi connectivity index (χ2n) is 14.2. The Labute approximate surface area is 343 Å². The molecule has 13 nitrogen and oxygen atoms in total. The van der Waals surface area contributed by atoms with E-state index in [0.717, 1.165) is 89.9 Å². The lowest BCUT2D eigenvalue weighted by Gasteiger charge is -2.20. The molecule has 3 atom stereocenters. The van der Waals surface area contributed by atoms with Gasteiger partial charge in [0.1, 0.15) is 12.7 Å². The topological polar surface area (TPSA) is 195 Å². The van der Waals surface area contributed by atoms with Crippen LogP contribution < -0.4 is 0 Å². The molecule has 0 fully saturated rings. The Hall–Kier alpha value is -1.92. The van der Waals surface area contributed by atoms with Crippen LogP contribution in [0.5, 0.6) is 0 Å². The fraction of sp³-hybridized carbons (Fsp3) is 0.762. The highest BCUT2D eigenvalue weighted by Gasteiger charge is 2.28. The van der Waals surface area contributed by atoms with E-state index in [1.807, 2.05) is 0 Å². The Kier molecular flexibility index (Phi) is 37.0. The molecule has 332 valence electrons. The molecule has 0 aromatic carbocycles. The Morgan fingerprint density at radius 3 is 1.51 bits per heavy atom. The number of phosphoric acid groups is 2. The first-order chi connectivity index (χ1) is 27.4. The Morgan fingerprint density at radius 2 is 0.965 bits per heavy atom. The minimum Gasteiger partial charge on any atom is -0.462 e. The van der Waals surface area contributed by atoms with Crippen LogP contribution in [0.15, 0.2) is 48.6 Å². The normalized spacial score (nSPS) is 14.6. The van der Waals surface area contributed by atoms with Gasteiger partial charge in [0.15, 0.2) is 6.10 Å². The number of aliphatic hydroxyl groups excluding tert-OH is 1. The van der Waals surface area contributed by atoms with Gasteiger partial charge in [0.05, 0.1) is 19.8 Å². The molecule has 57 heavy (non-hydrogen) atoms. The highest BCUT2D eigenvalue weighted by atomic mass is 31.2. The Balaban J connectivity index is 4.57. The SMILES string of the molecule is CC/C=C\C/C=C\C/C=C\CCCCCCCC(=O)OC[C@H](COP(=O)(O)OC[C@@H](O)COP(=O)(O)O)OC(=O)CCCCCCC/C=C\CCCCCCCC. The maximum absolute atomic E-state index is 12.6. The fourth-order valence-electron chi connectivity index (χ4n) is 5.47. The van der Waals surface area contributed by atoms with E-state index in [4.69, 9.17) is 23.8 Å². The van der Waals surface area contributed by atoms with Gasteiger partial charge in [-0.05, 0) is 70.6 Å². The number of hydrogen-bond acceptors (Lipinski definition) is 10. The van der Waals surface area contributed by atoms with Crippen molar-refractivity contribution in [3.05, 3.63) is 48.6 Å². The van der Waals surface area contributed by atoms with Gasteiger partial charge in [-0.1, -0.05) is 133 Å². The molecular formula is C42H76O13P2. The van der Waals surface area contributed by atoms with E-state index < -0.39 is 66.2 Å². The molecule has 0 aliphatic carbocycles. The Bertz CT molecular complexity index is 1200. The number of rotatable bonds is 40. The smallest absolute Gasteiger partial charge is 0.462 e. The number of esters is 2. The van der Waals surface area contributed by atoms with Crippen molar-refractivity contribution in [2.75, 3.05) is 26.4 Å². The zero-order valence-corrected chi connectivity index (χ0v) is 36.7. The summed E-state index contributed by atoms with van der Waals surface area (Å²) < 4.78 is 47.7. The van der Waals surface area contributed by atoms with Crippen LogP contribution in [-0.2, 0) is 41.8 Å². The average Bonchev–Trinajstić information content (AvgIpc) is 3.17. The van der Waals surface area contributed by atoms with Crippen molar-refractivity contribution in [1.82, 2.24) is 0 Å². The van der Waals surface area contributed by atoms with E-state index in [0.29, 0.717) is 12.8 Å². The van der Waals surface area contributed by atoms with Gasteiger partial charge in [-0.3, -0.25) is 23.2 Å². The van der Waals surface area contributed by atoms with Crippen LogP contribution in [0.25, 0.3) is 0 Å². The fourth-order valence-corrected chi connectivity index (χ4v) is 6.63. The first kappa shape index (κ1) is 55.1. The summed E-state index contributed by atoms with van der Waals surface area (Å²) >= 11 is 0. The zero-order chi connectivity index (χ0) is 42.3. The van der Waals surface area contributed by atoms with E-state index in [-0.39, 0.29) is 12.8 Å². The highest BCUT2D eigenvalue weighted by Crippen LogP contribution is 2.43. The van der Waals surface area contributed by atoms with E-state index in [1.54, 1.807) is 0 Å². The van der Waals surface area contributed by atoms with Crippen molar-refractivity contribution in [3.8, 4) is 0 Å². The summed E-state index contributed by atoms with van der Waals surface area (Å²) in [7, 11) is -9.67. The highest BCUT2D eigenvalue weighted by molar-refractivity contribution is 7.47. The number of carbonyl (C=O) groups is 2. The number of phosphoric ester groups is 2. The number of ether oxygens (including phenoxy) is 2. The summed E-state index contributed by atoms with van der Waals surface area (Å²) in [5.74, 6) is -1.06. The van der Waals surface area contributed by atoms with Crippen molar-refractivity contribution >= 4 is 27.6 Å². The molecule has 0 aromatic heterocycles. The largest absolute Gasteiger partial charge is 0.472 e. The van der Waals surface area contributed by atoms with Crippen molar-refractivity contribution in [2.45, 2.75) is 180 Å². The number of carbonyl (C=O) groups excluding carboxylic acids is 2. The lowest BCUT2D eigenvalue weighted by atomic mass is 10.1. The number of unbranched alkanes of at least 4 members (excludes halogenated alkanes) is 16. The predicted molar refractivity (Wildman–Crippen MR) is 225 cm³/mol. The van der Waals surface area contributed by atoms with Gasteiger partial charge in [0, 0.05) is 12.8 Å². The van der Waals surface area contributed by atoms with Gasteiger partial charge in [-0.25, -0.2) is 9.13 Å². The molecule has 0 aliphatic rings. The van der Waals surface area contributed by atoms with E-state index in [1.165, 1.54) is 38.5 Å². The first-order valence-corrected chi connectivity index (χ1v) is 24.4. The van der Waals surface area contributed by atoms with Crippen molar-refractivity contribution in [3.63, 3.8) is 0 Å². The van der Waals surface area contributed by atoms with Crippen LogP contribution in [0.3, 0.4) is 0 Å². The second-order valence-corrected chi connectivity index (χ2v) is 16.9. The zero-order valence-electron chi connectivity index (χ0n) is 34.9. The number of aliphatic hydroxyl groups is 1. The van der Waals surface area contributed by atoms with Gasteiger partial charge in [0.2, 0.25) is 0 Å². The van der Waals surface area contributed by atoms with E-state index in [9.17, 15) is 28.7 Å². The minimum atomic E-state index is -4.86. The maximum Gasteiger partial charge on any atom is 0.472 e. The summed E-state index contributed by atoms with van der Waals surface area (Å²) in [6, 6.07) is 0. The summed E-state index contributed by atoms with van der Waals surface area (Å²) in [5, 5.41) is 9.74. The molecule has 0 rings (SSSR count). The summed E-state index contributed by atoms with van der Waals surface area (Å²) in [5.41, 5.74) is 0. The van der Waals surface area contributed by atoms with Crippen LogP contribution in [0, 0.1) is 0 Å². The van der Waals surface area contributed by atoms with Gasteiger partial charge in [-0.15, -0.1) is 0 Å². The van der Waals surface area contributed by atoms with Crippen LogP contribution >= 0.6 is 15.6 Å². The Morgan fingerprint density at radius 1 is 0.526 bits per heavy atom. The van der Waals surface area contributed by atoms with E-state index >= 15 is 0 Å². The summed E-state index contributed by atoms with van der Waals surface area (Å²) in [4.78, 5) is 52.6. The molecule has 0 spiro atoms. The maximum atomic E-state index is 12.6. The van der Waals surface area contributed by atoms with Gasteiger partial charge in [0.25, 0.3) is 0 Å². The molecule has 1 unspecified atom stereocenters. The number of allylic oxidation sites excluding steroid dienone is 8. The van der Waals surface area contributed by atoms with Crippen LogP contribution in [0.4, 0.5) is 0 Å². The summed E-state index contributed by atoms with van der Waals surface area (Å²) in [6.07, 6.45) is 38.2. The molecule has 0 aromatic rings. The van der Waals surface area contributed by atoms with Crippen LogP contribution in [0.1, 0.15) is 168 Å². The molecule has 0 saturated heterocycles. The molecule has 0 amide bonds. The van der Waals surface area contributed by atoms with Crippen molar-refractivity contribution < 1.29 is 61.6 Å². The molecular weight excluding hydrogens is 774 g/mol. The molecule has 15 heteroatoms. The molecule has 0 heterocycles. The van der Waals surface area contributed by atoms with Crippen molar-refractivity contribution in [2.24, 2.45) is 0 Å². The average molecular weight is 851 g/mol. The number of hydrogen-bond donors (Lipinski definition) is 4. The lowest BCUT2D eigenvalue weighted by Crippen LogP contribution is -2.30. The molecule has 4 N–H and O–H groups in total. The molecule has 0 bridgehead atoms. The third kappa shape index (κ3) is 42.0. The third-order valence-corrected chi connectivity index (χ3v) is 10.1. The quantitative estimate of drug-likeness (QED) is 0.0197. The van der Waals surface area contributed by atoms with Gasteiger partial charge < -0.3 is 29.3 Å². The molecule has 0 saturated carbocycles. The minimum absolute atomic E-state index is 0.117. The van der Waals surface area contributed by atoms with Crippen molar-refractivity contribution in [1.29, 1.82) is 0 Å². The monoisotopic (exact) mass is 850 g/mol. The third-order valence-electron chi connectivity index (χ3n) is 8.69. The predicted octanol–water partition coefficient (Wildman–Crippen LogP) is 10.7. The molecule has 0 aliphatic heterocycles. The second kappa shape index (κ2) is 38.3. The van der Waals surface area contributed by atoms with Crippen LogP contribution in [0.2, 0.25) is 0 Å². The molecule has 0 radical (unpaired) electrons. The summed E-state index contributed by atoms with van der Waals surface area (Å²) in [6.45, 7) is 1.61. The van der Waals surface area contributed by atoms with E-state index in [2.05, 4.69) is 71.5 Å². The lowest BCUT2D eigenvalue weighted by molar-refractivity contribution is -0.161. The van der Waals surface area contributed by atoms with Crippen LogP contribution in [-0.4, -0.2) is 70.4 Å². The first-order valence-electron chi connectivity index (χ1n) is 21.3. The van der Waals surface area contributed by atoms with Gasteiger partial charge in [-0.2, -0.15) is 0 Å². The van der Waals surface area contributed by atoms with Gasteiger partial charge >= 0.3 is 27.6 Å².